The van der Waals surface area contributed by atoms with Gasteiger partial charge in [0.1, 0.15) is 0 Å². The van der Waals surface area contributed by atoms with Gasteiger partial charge in [0.25, 0.3) is 0 Å². The number of aromatic nitrogens is 1. The van der Waals surface area contributed by atoms with Crippen molar-refractivity contribution in [2.45, 2.75) is 87.9 Å². The van der Waals surface area contributed by atoms with Crippen LogP contribution >= 0.6 is 0 Å². The Morgan fingerprint density at radius 3 is 2.84 bits per heavy atom. The summed E-state index contributed by atoms with van der Waals surface area (Å²) in [6.07, 6.45) is 20.4. The van der Waals surface area contributed by atoms with Gasteiger partial charge >= 0.3 is 0 Å². The van der Waals surface area contributed by atoms with E-state index in [1.807, 2.05) is 12.4 Å². The molecule has 38 heavy (non-hydrogen) atoms. The smallest absolute Gasteiger partial charge is 0.0974 e. The zero-order valence-electron chi connectivity index (χ0n) is 22.8. The Kier molecular flexibility index (Phi) is 4.55. The molecule has 9 rings (SSSR count). The highest BCUT2D eigenvalue weighted by Gasteiger charge is 2.67. The largest absolute Gasteiger partial charge is 0.380 e. The van der Waals surface area contributed by atoms with Crippen molar-refractivity contribution in [3.63, 3.8) is 0 Å². The lowest BCUT2D eigenvalue weighted by atomic mass is 9.58. The number of hydrogen-bond donors (Lipinski definition) is 0. The normalized spacial score (nSPS) is 42.8. The molecule has 1 aromatic heterocycles. The third-order valence-corrected chi connectivity index (χ3v) is 12.5. The average Bonchev–Trinajstić information content (AvgIpc) is 3.61. The Balaban J connectivity index is 1.03. The molecule has 3 saturated heterocycles. The van der Waals surface area contributed by atoms with Crippen LogP contribution in [-0.4, -0.2) is 53.4 Å². The molecule has 5 heterocycles. The minimum absolute atomic E-state index is 0.0168. The van der Waals surface area contributed by atoms with Crippen LogP contribution in [0.2, 0.25) is 0 Å². The maximum absolute atomic E-state index is 7.60. The second-order valence-electron chi connectivity index (χ2n) is 14.3. The van der Waals surface area contributed by atoms with Crippen molar-refractivity contribution < 1.29 is 9.47 Å². The van der Waals surface area contributed by atoms with Gasteiger partial charge in [-0.1, -0.05) is 31.2 Å². The fourth-order valence-electron chi connectivity index (χ4n) is 10.5. The molecular weight excluding hydrogens is 468 g/mol. The molecule has 2 bridgehead atoms. The summed E-state index contributed by atoms with van der Waals surface area (Å²) in [6, 6.07) is 9.93. The lowest BCUT2D eigenvalue weighted by Gasteiger charge is -2.55. The predicted octanol–water partition coefficient (Wildman–Crippen LogP) is 6.57. The van der Waals surface area contributed by atoms with E-state index in [4.69, 9.17) is 9.47 Å². The number of ether oxygens (including phenoxy) is 2. The molecule has 3 spiro atoms. The van der Waals surface area contributed by atoms with Crippen molar-refractivity contribution in [2.75, 3.05) is 26.3 Å². The van der Waals surface area contributed by atoms with Crippen LogP contribution in [0.25, 0.3) is 10.8 Å². The number of benzene rings is 1. The van der Waals surface area contributed by atoms with E-state index in [0.29, 0.717) is 23.3 Å². The average molecular weight is 509 g/mol. The van der Waals surface area contributed by atoms with Crippen LogP contribution in [0.15, 0.2) is 60.0 Å². The van der Waals surface area contributed by atoms with Gasteiger partial charge in [-0.3, -0.25) is 9.88 Å². The summed E-state index contributed by atoms with van der Waals surface area (Å²) in [4.78, 5) is 7.22. The van der Waals surface area contributed by atoms with Crippen molar-refractivity contribution >= 4 is 10.8 Å². The molecule has 0 amide bonds. The second-order valence-corrected chi connectivity index (χ2v) is 14.3. The minimum atomic E-state index is -0.0699. The number of nitrogens with zero attached hydrogens (tertiary/aromatic N) is 2. The van der Waals surface area contributed by atoms with E-state index < -0.39 is 0 Å². The molecule has 4 heteroatoms. The van der Waals surface area contributed by atoms with Crippen LogP contribution in [0.5, 0.6) is 0 Å². The lowest BCUT2D eigenvalue weighted by Crippen LogP contribution is -2.55. The first-order valence-corrected chi connectivity index (χ1v) is 15.3. The number of rotatable bonds is 2. The summed E-state index contributed by atoms with van der Waals surface area (Å²) in [5.41, 5.74) is 5.29. The Labute approximate surface area is 226 Å². The Bertz CT molecular complexity index is 1390. The van der Waals surface area contributed by atoms with Crippen molar-refractivity contribution in [3.8, 4) is 0 Å². The van der Waals surface area contributed by atoms with Crippen molar-refractivity contribution in [1.29, 1.82) is 0 Å². The third kappa shape index (κ3) is 2.90. The Hall–Kier alpha value is -2.01. The van der Waals surface area contributed by atoms with Gasteiger partial charge in [-0.15, -0.1) is 0 Å². The van der Waals surface area contributed by atoms with E-state index >= 15 is 0 Å². The van der Waals surface area contributed by atoms with E-state index in [-0.39, 0.29) is 16.6 Å². The molecular formula is C34H40N2O2. The van der Waals surface area contributed by atoms with Gasteiger partial charge in [-0.05, 0) is 116 Å². The minimum Gasteiger partial charge on any atom is -0.380 e. The summed E-state index contributed by atoms with van der Waals surface area (Å²) in [6.45, 7) is 7.05. The van der Waals surface area contributed by atoms with Gasteiger partial charge in [-0.2, -0.15) is 0 Å². The van der Waals surface area contributed by atoms with E-state index in [1.54, 1.807) is 5.57 Å². The Morgan fingerprint density at radius 1 is 1.03 bits per heavy atom. The zero-order chi connectivity index (χ0) is 25.2. The van der Waals surface area contributed by atoms with Crippen molar-refractivity contribution in [2.24, 2.45) is 16.7 Å². The number of allylic oxidation sites excluding steroid dienone is 1. The van der Waals surface area contributed by atoms with Gasteiger partial charge in [0.15, 0.2) is 0 Å². The molecule has 2 aromatic rings. The summed E-state index contributed by atoms with van der Waals surface area (Å²) in [7, 11) is 0. The molecule has 6 atom stereocenters. The number of likely N-dealkylation sites (tertiary alicyclic amines) is 1. The summed E-state index contributed by atoms with van der Waals surface area (Å²) < 4.78 is 13.2. The first kappa shape index (κ1) is 22.8. The molecule has 0 N–H and O–H groups in total. The maximum atomic E-state index is 7.60. The predicted molar refractivity (Wildman–Crippen MR) is 149 cm³/mol. The molecule has 3 aliphatic carbocycles. The molecule has 7 aliphatic rings. The fourth-order valence-corrected chi connectivity index (χ4v) is 10.5. The van der Waals surface area contributed by atoms with Crippen LogP contribution in [-0.2, 0) is 9.47 Å². The topological polar surface area (TPSA) is 34.6 Å². The maximum Gasteiger partial charge on any atom is 0.0974 e. The highest BCUT2D eigenvalue weighted by molar-refractivity contribution is 5.82. The van der Waals surface area contributed by atoms with Crippen molar-refractivity contribution in [1.82, 2.24) is 9.88 Å². The molecule has 2 saturated carbocycles. The summed E-state index contributed by atoms with van der Waals surface area (Å²) in [5, 5.41) is 2.56. The Morgan fingerprint density at radius 2 is 1.97 bits per heavy atom. The van der Waals surface area contributed by atoms with Crippen molar-refractivity contribution in [3.05, 3.63) is 65.5 Å². The highest BCUT2D eigenvalue weighted by Crippen LogP contribution is 2.69. The molecule has 5 fully saturated rings. The number of pyridine rings is 1. The van der Waals surface area contributed by atoms with Crippen LogP contribution in [0.4, 0.5) is 0 Å². The van der Waals surface area contributed by atoms with E-state index in [2.05, 4.69) is 53.2 Å². The second kappa shape index (κ2) is 7.59. The number of hydrogen-bond acceptors (Lipinski definition) is 4. The van der Waals surface area contributed by atoms with Crippen LogP contribution in [0.3, 0.4) is 0 Å². The van der Waals surface area contributed by atoms with E-state index in [1.165, 1.54) is 92.8 Å². The quantitative estimate of drug-likeness (QED) is 0.460. The lowest BCUT2D eigenvalue weighted by molar-refractivity contribution is -0.142. The van der Waals surface area contributed by atoms with Gasteiger partial charge < -0.3 is 9.47 Å². The van der Waals surface area contributed by atoms with E-state index in [9.17, 15) is 0 Å². The molecule has 1 aromatic carbocycles. The van der Waals surface area contributed by atoms with Gasteiger partial charge in [0.2, 0.25) is 0 Å². The fraction of sp³-hybridized carbons (Fsp3) is 0.618. The summed E-state index contributed by atoms with van der Waals surface area (Å²) >= 11 is 0. The molecule has 198 valence electrons. The first-order chi connectivity index (χ1) is 18.5. The SMILES string of the molecule is C[C@]12CC=C3C=C4CC[C@@H](N5CCC6(COC6)C5)C[C@]45CCC3(O5)[C@@H]1CCC2c1ccc2ccncc2c1. The molecule has 2 unspecified atom stereocenters. The van der Waals surface area contributed by atoms with E-state index in [0.717, 1.165) is 13.2 Å². The number of fused-ring (bicyclic) bond motifs is 2. The first-order valence-electron chi connectivity index (χ1n) is 15.3. The zero-order valence-corrected chi connectivity index (χ0v) is 22.8. The molecule has 4 nitrogen and oxygen atoms in total. The van der Waals surface area contributed by atoms with Crippen LogP contribution in [0.1, 0.15) is 76.2 Å². The standard InChI is InChI=1S/C34H40N2O2/c1-31-10-8-27-17-26-4-5-28(36-15-13-32(20-36)21-37-22-32)18-33(26)11-12-34(27,38-33)30(31)7-6-29(31)24-3-2-23-9-14-35-19-25(23)16-24/h2-3,8-9,14,16-17,19,28-30H,4-7,10-13,15,18,20-22H2,1H3/t28-,29?,30-,31-,33-,34?/m1/s1. The van der Waals surface area contributed by atoms with Gasteiger partial charge in [0, 0.05) is 35.8 Å². The van der Waals surface area contributed by atoms with Crippen LogP contribution < -0.4 is 0 Å². The molecule has 0 radical (unpaired) electrons. The van der Waals surface area contributed by atoms with Gasteiger partial charge in [0.05, 0.1) is 24.4 Å². The molecule has 4 aliphatic heterocycles. The third-order valence-electron chi connectivity index (χ3n) is 12.5. The summed E-state index contributed by atoms with van der Waals surface area (Å²) in [5.74, 6) is 1.18. The highest BCUT2D eigenvalue weighted by atomic mass is 16.5. The van der Waals surface area contributed by atoms with Gasteiger partial charge in [-0.25, -0.2) is 0 Å². The van der Waals surface area contributed by atoms with Crippen LogP contribution in [0, 0.1) is 16.7 Å². The monoisotopic (exact) mass is 508 g/mol.